The van der Waals surface area contributed by atoms with Crippen LogP contribution in [0.15, 0.2) is 72.8 Å². The van der Waals surface area contributed by atoms with Crippen LogP contribution in [0.3, 0.4) is 0 Å². The van der Waals surface area contributed by atoms with Crippen molar-refractivity contribution in [1.82, 2.24) is 10.2 Å². The predicted octanol–water partition coefficient (Wildman–Crippen LogP) is 7.78. The summed E-state index contributed by atoms with van der Waals surface area (Å²) in [5.41, 5.74) is -3.03. The van der Waals surface area contributed by atoms with Crippen LogP contribution in [0.1, 0.15) is 66.5 Å². The summed E-state index contributed by atoms with van der Waals surface area (Å²) in [7, 11) is 0. The van der Waals surface area contributed by atoms with E-state index < -0.39 is 65.1 Å². The molecule has 3 aromatic rings. The van der Waals surface area contributed by atoms with Crippen LogP contribution < -0.4 is 5.32 Å². The average molecular weight is 653 g/mol. The quantitative estimate of drug-likeness (QED) is 0.265. The Morgan fingerprint density at radius 2 is 1.59 bits per heavy atom. The molecule has 2 amide bonds. The number of nitrogens with one attached hydrogen (secondary N) is 1. The van der Waals surface area contributed by atoms with Gasteiger partial charge in [0.1, 0.15) is 12.4 Å². The molecule has 0 aromatic heterocycles. The van der Waals surface area contributed by atoms with Gasteiger partial charge >= 0.3 is 18.4 Å². The van der Waals surface area contributed by atoms with Gasteiger partial charge < -0.3 is 19.7 Å². The van der Waals surface area contributed by atoms with Crippen LogP contribution >= 0.6 is 0 Å². The number of hydrogen-bond acceptors (Lipinski definition) is 4. The average Bonchev–Trinajstić information content (AvgIpc) is 3.33. The van der Waals surface area contributed by atoms with Crippen LogP contribution in [0.25, 0.3) is 0 Å². The summed E-state index contributed by atoms with van der Waals surface area (Å²) in [6.07, 6.45) is -12.8. The van der Waals surface area contributed by atoms with Crippen LogP contribution in [-0.2, 0) is 33.2 Å². The minimum Gasteiger partial charge on any atom is -0.445 e. The van der Waals surface area contributed by atoms with Gasteiger partial charge in [-0.1, -0.05) is 42.5 Å². The van der Waals surface area contributed by atoms with E-state index in [2.05, 4.69) is 5.32 Å². The molecule has 2 aliphatic rings. The maximum absolute atomic E-state index is 13.9. The fourth-order valence-electron chi connectivity index (χ4n) is 6.28. The fourth-order valence-corrected chi connectivity index (χ4v) is 6.28. The van der Waals surface area contributed by atoms with Crippen LogP contribution in [0.4, 0.5) is 35.5 Å². The minimum atomic E-state index is -5.04. The van der Waals surface area contributed by atoms with Crippen molar-refractivity contribution in [3.05, 3.63) is 106 Å². The Hall–Kier alpha value is -4.13. The smallest absolute Gasteiger partial charge is 0.416 e. The second-order valence-corrected chi connectivity index (χ2v) is 12.0. The molecule has 0 saturated carbocycles. The van der Waals surface area contributed by atoms with Crippen molar-refractivity contribution in [1.29, 1.82) is 0 Å². The van der Waals surface area contributed by atoms with Gasteiger partial charge in [0.05, 0.1) is 28.9 Å². The van der Waals surface area contributed by atoms with Crippen molar-refractivity contribution < 1.29 is 49.8 Å². The third kappa shape index (κ3) is 7.46. The number of benzene rings is 3. The second kappa shape index (κ2) is 12.6. The molecular formula is C33H31F7N2O4. The van der Waals surface area contributed by atoms with E-state index in [-0.39, 0.29) is 43.5 Å². The molecule has 1 N–H and O–H groups in total. The Kier molecular flexibility index (Phi) is 9.09. The van der Waals surface area contributed by atoms with Crippen LogP contribution in [-0.4, -0.2) is 41.1 Å². The largest absolute Gasteiger partial charge is 0.445 e. The van der Waals surface area contributed by atoms with Crippen molar-refractivity contribution in [2.75, 3.05) is 6.54 Å². The zero-order valence-corrected chi connectivity index (χ0v) is 24.8. The van der Waals surface area contributed by atoms with Crippen molar-refractivity contribution >= 4 is 12.0 Å². The molecule has 246 valence electrons. The number of rotatable bonds is 7. The van der Waals surface area contributed by atoms with Crippen molar-refractivity contribution in [2.45, 2.75) is 75.4 Å². The summed E-state index contributed by atoms with van der Waals surface area (Å²) in [6.45, 7) is 3.01. The molecule has 2 fully saturated rings. The topological polar surface area (TPSA) is 67.9 Å². The number of carbonyl (C=O) groups is 2. The highest BCUT2D eigenvalue weighted by atomic mass is 19.4. The molecule has 0 aliphatic carbocycles. The van der Waals surface area contributed by atoms with Crippen LogP contribution in [0.5, 0.6) is 0 Å². The van der Waals surface area contributed by atoms with E-state index in [1.165, 1.54) is 36.1 Å². The molecule has 0 bridgehead atoms. The number of halogens is 7. The SMILES string of the molecule is C[C@@H](O[C@H]1CN2C(=O)CC(C)(NC(=O)OCc3ccccc3)C[C@H]2[C@@H]1c1ccc(F)cc1)c1cc(C(F)(F)F)cc(C(F)(F)F)c1. The van der Waals surface area contributed by atoms with Gasteiger partial charge in [-0.25, -0.2) is 9.18 Å². The first-order valence-corrected chi connectivity index (χ1v) is 14.5. The zero-order valence-electron chi connectivity index (χ0n) is 24.8. The number of alkyl carbamates (subject to hydrolysis) is 1. The predicted molar refractivity (Wildman–Crippen MR) is 152 cm³/mol. The summed E-state index contributed by atoms with van der Waals surface area (Å²) in [4.78, 5) is 27.8. The van der Waals surface area contributed by atoms with E-state index in [9.17, 15) is 40.3 Å². The Bertz CT molecular complexity index is 1530. The third-order valence-corrected chi connectivity index (χ3v) is 8.44. The molecule has 46 heavy (non-hydrogen) atoms. The summed E-state index contributed by atoms with van der Waals surface area (Å²) in [5, 5.41) is 2.79. The number of amides is 2. The van der Waals surface area contributed by atoms with Gasteiger partial charge in [0.15, 0.2) is 0 Å². The lowest BCUT2D eigenvalue weighted by atomic mass is 9.78. The maximum atomic E-state index is 13.9. The number of nitrogens with zero attached hydrogens (tertiary/aromatic N) is 1. The van der Waals surface area contributed by atoms with Gasteiger partial charge in [-0.15, -0.1) is 0 Å². The fraction of sp³-hybridized carbons (Fsp3) is 0.394. The van der Waals surface area contributed by atoms with E-state index in [1.54, 1.807) is 31.2 Å². The molecule has 3 aromatic carbocycles. The molecule has 5 rings (SSSR count). The summed E-state index contributed by atoms with van der Waals surface area (Å²) >= 11 is 0. The molecule has 0 spiro atoms. The third-order valence-electron chi connectivity index (χ3n) is 8.44. The van der Waals surface area contributed by atoms with Crippen molar-refractivity contribution in [3.8, 4) is 0 Å². The van der Waals surface area contributed by atoms with E-state index in [0.717, 1.165) is 5.56 Å². The number of alkyl halides is 6. The Morgan fingerprint density at radius 3 is 2.17 bits per heavy atom. The first-order valence-electron chi connectivity index (χ1n) is 14.5. The van der Waals surface area contributed by atoms with E-state index >= 15 is 0 Å². The lowest BCUT2D eigenvalue weighted by Gasteiger charge is -2.43. The van der Waals surface area contributed by atoms with E-state index in [1.807, 2.05) is 6.07 Å². The zero-order chi connectivity index (χ0) is 33.4. The number of hydrogen-bond donors (Lipinski definition) is 1. The first kappa shape index (κ1) is 33.2. The minimum absolute atomic E-state index is 0.00382. The molecular weight excluding hydrogens is 621 g/mol. The van der Waals surface area contributed by atoms with Crippen LogP contribution in [0, 0.1) is 5.82 Å². The lowest BCUT2D eigenvalue weighted by molar-refractivity contribution is -0.143. The number of ether oxygens (including phenoxy) is 2. The monoisotopic (exact) mass is 652 g/mol. The van der Waals surface area contributed by atoms with Crippen molar-refractivity contribution in [3.63, 3.8) is 0 Å². The van der Waals surface area contributed by atoms with Gasteiger partial charge in [0.2, 0.25) is 5.91 Å². The van der Waals surface area contributed by atoms with Gasteiger partial charge in [-0.05, 0) is 67.3 Å². The van der Waals surface area contributed by atoms with Gasteiger partial charge in [-0.3, -0.25) is 4.79 Å². The Balaban J connectivity index is 1.41. The molecule has 5 atom stereocenters. The molecule has 6 nitrogen and oxygen atoms in total. The lowest BCUT2D eigenvalue weighted by Crippen LogP contribution is -2.58. The normalized spacial score (nSPS) is 24.0. The number of piperidine rings is 1. The summed E-state index contributed by atoms with van der Waals surface area (Å²) in [6, 6.07) is 15.1. The van der Waals surface area contributed by atoms with Crippen molar-refractivity contribution in [2.24, 2.45) is 0 Å². The first-order chi connectivity index (χ1) is 21.5. The summed E-state index contributed by atoms with van der Waals surface area (Å²) in [5.74, 6) is -1.52. The highest BCUT2D eigenvalue weighted by Crippen LogP contribution is 2.45. The van der Waals surface area contributed by atoms with Gasteiger partial charge in [0.25, 0.3) is 0 Å². The summed E-state index contributed by atoms with van der Waals surface area (Å²) < 4.78 is 107. The molecule has 13 heteroatoms. The number of carbonyl (C=O) groups excluding carboxylic acids is 2. The van der Waals surface area contributed by atoms with Crippen LogP contribution in [0.2, 0.25) is 0 Å². The molecule has 2 aliphatic heterocycles. The highest BCUT2D eigenvalue weighted by Gasteiger charge is 2.53. The Labute approximate surface area is 260 Å². The number of fused-ring (bicyclic) bond motifs is 1. The van der Waals surface area contributed by atoms with Gasteiger partial charge in [-0.2, -0.15) is 26.3 Å². The highest BCUT2D eigenvalue weighted by molar-refractivity contribution is 5.81. The molecule has 0 radical (unpaired) electrons. The standard InChI is InChI=1S/C33H31F7N2O4/c1-19(22-12-23(32(35,36)37)14-24(13-22)33(38,39)40)46-27-17-42-26(29(27)21-8-10-25(34)11-9-21)15-31(2,16-28(42)43)41-30(44)45-18-20-6-4-3-5-7-20/h3-14,19,26-27,29H,15-18H2,1-2H3,(H,41,44)/t19-,26+,27+,29+,31?/m1/s1. The molecule has 2 saturated heterocycles. The van der Waals surface area contributed by atoms with Gasteiger partial charge in [0, 0.05) is 24.9 Å². The van der Waals surface area contributed by atoms with E-state index in [0.29, 0.717) is 17.7 Å². The molecule has 1 unspecified atom stereocenters. The van der Waals surface area contributed by atoms with E-state index in [4.69, 9.17) is 9.47 Å². The second-order valence-electron chi connectivity index (χ2n) is 12.0. The maximum Gasteiger partial charge on any atom is 0.416 e. The Morgan fingerprint density at radius 1 is 0.978 bits per heavy atom. The molecule has 2 heterocycles.